The Balaban J connectivity index is 1.56. The van der Waals surface area contributed by atoms with Crippen LogP contribution in [0.4, 0.5) is 16.2 Å². The number of carbonyl (C=O) groups excluding carboxylic acids is 4. The van der Waals surface area contributed by atoms with Crippen LogP contribution in [0.3, 0.4) is 0 Å². The molecule has 0 fully saturated rings. The van der Waals surface area contributed by atoms with Gasteiger partial charge in [0, 0.05) is 17.9 Å². The van der Waals surface area contributed by atoms with Gasteiger partial charge in [-0.25, -0.2) is 9.59 Å². The van der Waals surface area contributed by atoms with Crippen molar-refractivity contribution in [1.29, 1.82) is 0 Å². The van der Waals surface area contributed by atoms with Gasteiger partial charge in [0.2, 0.25) is 11.8 Å². The summed E-state index contributed by atoms with van der Waals surface area (Å²) in [5, 5.41) is 20.7. The number of amides is 4. The van der Waals surface area contributed by atoms with Crippen LogP contribution in [0.5, 0.6) is 0 Å². The maximum atomic E-state index is 13.0. The Morgan fingerprint density at radius 1 is 0.909 bits per heavy atom. The number of carboxylic acid groups (broad SMARTS) is 1. The predicted octanol–water partition coefficient (Wildman–Crippen LogP) is 4.19. The van der Waals surface area contributed by atoms with Gasteiger partial charge >= 0.3 is 18.0 Å². The fourth-order valence-corrected chi connectivity index (χ4v) is 4.75. The minimum atomic E-state index is -1.15. The minimum Gasteiger partial charge on any atom is -0.481 e. The molecular formula is C32H36N4O7S. The second-order valence-corrected chi connectivity index (χ2v) is 10.9. The zero-order valence-corrected chi connectivity index (χ0v) is 25.5. The summed E-state index contributed by atoms with van der Waals surface area (Å²) in [5.41, 5.74) is 3.54. The lowest BCUT2D eigenvalue weighted by molar-refractivity contribution is -0.139. The van der Waals surface area contributed by atoms with Crippen LogP contribution in [0, 0.1) is 6.92 Å². The monoisotopic (exact) mass is 620 g/mol. The fourth-order valence-electron chi connectivity index (χ4n) is 4.28. The Hall–Kier alpha value is -4.84. The van der Waals surface area contributed by atoms with Gasteiger partial charge in [-0.05, 0) is 72.4 Å². The molecule has 0 radical (unpaired) electrons. The first kappa shape index (κ1) is 33.7. The van der Waals surface area contributed by atoms with Gasteiger partial charge < -0.3 is 31.1 Å². The van der Waals surface area contributed by atoms with E-state index in [2.05, 4.69) is 26.0 Å². The molecule has 0 unspecified atom stereocenters. The number of nitrogens with one attached hydrogen (secondary N) is 4. The smallest absolute Gasteiger partial charge is 0.337 e. The van der Waals surface area contributed by atoms with Gasteiger partial charge in [0.05, 0.1) is 25.0 Å². The first-order valence-corrected chi connectivity index (χ1v) is 15.2. The summed E-state index contributed by atoms with van der Waals surface area (Å²) in [6.45, 7) is 1.69. The number of ether oxygens (including phenoxy) is 1. The quantitative estimate of drug-likeness (QED) is 0.168. The molecule has 44 heavy (non-hydrogen) atoms. The Morgan fingerprint density at radius 2 is 1.59 bits per heavy atom. The van der Waals surface area contributed by atoms with E-state index in [1.165, 1.54) is 43.1 Å². The van der Waals surface area contributed by atoms with E-state index in [0.717, 1.165) is 5.56 Å². The van der Waals surface area contributed by atoms with Gasteiger partial charge in [0.15, 0.2) is 0 Å². The molecule has 5 N–H and O–H groups in total. The topological polar surface area (TPSA) is 163 Å². The molecule has 11 nitrogen and oxygen atoms in total. The summed E-state index contributed by atoms with van der Waals surface area (Å²) in [4.78, 5) is 61.9. The summed E-state index contributed by atoms with van der Waals surface area (Å²) < 4.78 is 4.67. The lowest BCUT2D eigenvalue weighted by Gasteiger charge is -2.20. The first-order chi connectivity index (χ1) is 21.1. The van der Waals surface area contributed by atoms with Crippen LogP contribution in [0.2, 0.25) is 0 Å². The van der Waals surface area contributed by atoms with E-state index in [4.69, 9.17) is 0 Å². The third-order valence-electron chi connectivity index (χ3n) is 6.74. The Morgan fingerprint density at radius 3 is 2.20 bits per heavy atom. The highest BCUT2D eigenvalue weighted by atomic mass is 32.2. The van der Waals surface area contributed by atoms with Crippen LogP contribution in [-0.4, -0.2) is 66.6 Å². The highest BCUT2D eigenvalue weighted by Crippen LogP contribution is 2.18. The standard InChI is InChI=1S/C32H36N4O7S/c1-20-6-4-5-7-26(20)36-32(42)34-24-14-8-21(9-15-24)18-28(37)35-27(16-17-44-3)29(38)33-19-25(30(39)40)22-10-12-23(13-11-22)31(41)43-2/h4-15,25,27H,16-19H2,1-3H3,(H,33,38)(H,35,37)(H,39,40)(H2,34,36,42)/t25-,27+/m1/s1. The molecule has 12 heteroatoms. The van der Waals surface area contributed by atoms with E-state index in [9.17, 15) is 29.1 Å². The Labute approximate surface area is 260 Å². The van der Waals surface area contributed by atoms with Crippen LogP contribution in [0.1, 0.15) is 39.4 Å². The van der Waals surface area contributed by atoms with Gasteiger partial charge in [-0.2, -0.15) is 11.8 Å². The second kappa shape index (κ2) is 16.7. The summed E-state index contributed by atoms with van der Waals surface area (Å²) in [6, 6.07) is 18.9. The summed E-state index contributed by atoms with van der Waals surface area (Å²) in [6.07, 6.45) is 2.23. The molecule has 0 heterocycles. The minimum absolute atomic E-state index is 0.00300. The van der Waals surface area contributed by atoms with Crippen molar-refractivity contribution >= 4 is 52.9 Å². The number of esters is 1. The number of thioether (sulfide) groups is 1. The van der Waals surface area contributed by atoms with E-state index < -0.39 is 35.8 Å². The van der Waals surface area contributed by atoms with Crippen LogP contribution in [0.15, 0.2) is 72.8 Å². The van der Waals surface area contributed by atoms with Crippen LogP contribution in [0.25, 0.3) is 0 Å². The van der Waals surface area contributed by atoms with Crippen molar-refractivity contribution in [3.63, 3.8) is 0 Å². The van der Waals surface area contributed by atoms with E-state index in [0.29, 0.717) is 34.7 Å². The zero-order valence-electron chi connectivity index (χ0n) is 24.7. The third-order valence-corrected chi connectivity index (χ3v) is 7.39. The van der Waals surface area contributed by atoms with E-state index in [-0.39, 0.29) is 24.4 Å². The fraction of sp³-hybridized carbons (Fsp3) is 0.281. The lowest BCUT2D eigenvalue weighted by Crippen LogP contribution is -2.48. The maximum absolute atomic E-state index is 13.0. The maximum Gasteiger partial charge on any atom is 0.337 e. The molecule has 0 aliphatic heterocycles. The van der Waals surface area contributed by atoms with Gasteiger partial charge in [0.1, 0.15) is 6.04 Å². The number of benzene rings is 3. The van der Waals surface area contributed by atoms with E-state index in [1.807, 2.05) is 31.4 Å². The van der Waals surface area contributed by atoms with Crippen LogP contribution >= 0.6 is 11.8 Å². The number of carboxylic acids is 1. The number of urea groups is 1. The zero-order chi connectivity index (χ0) is 32.1. The summed E-state index contributed by atoms with van der Waals surface area (Å²) >= 11 is 1.51. The molecular weight excluding hydrogens is 584 g/mol. The van der Waals surface area contributed by atoms with Crippen molar-refractivity contribution in [2.45, 2.75) is 31.7 Å². The lowest BCUT2D eigenvalue weighted by atomic mass is 9.97. The highest BCUT2D eigenvalue weighted by Gasteiger charge is 2.25. The van der Waals surface area contributed by atoms with Crippen LogP contribution in [-0.2, 0) is 25.5 Å². The van der Waals surface area contributed by atoms with E-state index in [1.54, 1.807) is 30.3 Å². The molecule has 3 aromatic rings. The normalized spacial score (nSPS) is 11.9. The van der Waals surface area contributed by atoms with Crippen molar-refractivity contribution in [2.24, 2.45) is 0 Å². The Kier molecular flexibility index (Phi) is 12.8. The molecule has 0 aliphatic carbocycles. The molecule has 3 aromatic carbocycles. The molecule has 0 saturated carbocycles. The second-order valence-electron chi connectivity index (χ2n) is 9.92. The van der Waals surface area contributed by atoms with Crippen molar-refractivity contribution in [2.75, 3.05) is 36.3 Å². The average molecular weight is 621 g/mol. The molecule has 2 atom stereocenters. The summed E-state index contributed by atoms with van der Waals surface area (Å²) in [7, 11) is 1.25. The van der Waals surface area contributed by atoms with Gasteiger partial charge in [-0.15, -0.1) is 0 Å². The van der Waals surface area contributed by atoms with Crippen molar-refractivity contribution < 1.29 is 33.8 Å². The third kappa shape index (κ3) is 10.2. The molecule has 0 bridgehead atoms. The molecule has 0 spiro atoms. The number of hydrogen-bond donors (Lipinski definition) is 5. The van der Waals surface area contributed by atoms with Crippen molar-refractivity contribution in [3.05, 3.63) is 95.1 Å². The van der Waals surface area contributed by atoms with Crippen LogP contribution < -0.4 is 21.3 Å². The van der Waals surface area contributed by atoms with Crippen molar-refractivity contribution in [3.8, 4) is 0 Å². The highest BCUT2D eigenvalue weighted by molar-refractivity contribution is 7.98. The predicted molar refractivity (Wildman–Crippen MR) is 170 cm³/mol. The van der Waals surface area contributed by atoms with E-state index >= 15 is 0 Å². The molecule has 0 aromatic heterocycles. The number of anilines is 2. The largest absolute Gasteiger partial charge is 0.481 e. The average Bonchev–Trinajstić information content (AvgIpc) is 3.01. The number of rotatable bonds is 14. The summed E-state index contributed by atoms with van der Waals surface area (Å²) in [5.74, 6) is -3.03. The van der Waals surface area contributed by atoms with Gasteiger partial charge in [-0.1, -0.05) is 42.5 Å². The molecule has 0 saturated heterocycles. The number of methoxy groups -OCH3 is 1. The number of hydrogen-bond acceptors (Lipinski definition) is 7. The SMILES string of the molecule is COC(=O)c1ccc([C@@H](CNC(=O)[C@H](CCSC)NC(=O)Cc2ccc(NC(=O)Nc3ccccc3C)cc2)C(=O)O)cc1. The number of carbonyl (C=O) groups is 5. The molecule has 4 amide bonds. The number of para-hydroxylation sites is 1. The molecule has 0 aliphatic rings. The molecule has 3 rings (SSSR count). The number of aliphatic carboxylic acids is 1. The van der Waals surface area contributed by atoms with Gasteiger partial charge in [0.25, 0.3) is 0 Å². The Bertz CT molecular complexity index is 1460. The van der Waals surface area contributed by atoms with Gasteiger partial charge in [-0.3, -0.25) is 14.4 Å². The number of aryl methyl sites for hydroxylation is 1. The molecule has 232 valence electrons. The van der Waals surface area contributed by atoms with Crippen molar-refractivity contribution in [1.82, 2.24) is 10.6 Å². The first-order valence-electron chi connectivity index (χ1n) is 13.8.